The van der Waals surface area contributed by atoms with Gasteiger partial charge in [0.1, 0.15) is 5.69 Å². The number of rotatable bonds is 11. The van der Waals surface area contributed by atoms with E-state index in [2.05, 4.69) is 10.6 Å². The second-order valence-electron chi connectivity index (χ2n) is 7.03. The summed E-state index contributed by atoms with van der Waals surface area (Å²) in [4.78, 5) is 22.7. The first-order chi connectivity index (χ1) is 15.1. The Morgan fingerprint density at radius 3 is 2.35 bits per heavy atom. The number of nitrogens with one attached hydrogen (secondary N) is 2. The van der Waals surface area contributed by atoms with E-state index in [4.69, 9.17) is 4.74 Å². The van der Waals surface area contributed by atoms with E-state index in [1.807, 2.05) is 54.6 Å². The molecule has 0 saturated heterocycles. The summed E-state index contributed by atoms with van der Waals surface area (Å²) >= 11 is 0. The predicted octanol–water partition coefficient (Wildman–Crippen LogP) is 4.43. The van der Waals surface area contributed by atoms with E-state index in [1.165, 1.54) is 6.07 Å². The van der Waals surface area contributed by atoms with E-state index < -0.39 is 4.92 Å². The maximum Gasteiger partial charge on any atom is 0.292 e. The van der Waals surface area contributed by atoms with Crippen LogP contribution in [0.3, 0.4) is 0 Å². The third-order valence-electron chi connectivity index (χ3n) is 4.63. The van der Waals surface area contributed by atoms with Gasteiger partial charge in [-0.25, -0.2) is 0 Å². The van der Waals surface area contributed by atoms with Crippen LogP contribution in [0.25, 0.3) is 0 Å². The smallest absolute Gasteiger partial charge is 0.292 e. The summed E-state index contributed by atoms with van der Waals surface area (Å²) in [5.41, 5.74) is 3.56. The SMILES string of the molecule is O=C(CCNc1ccccc1[N+](=O)[O-])NCc1cccc(COCc2ccccc2)c1. The number of nitrogens with zero attached hydrogens (tertiary/aromatic N) is 1. The Labute approximate surface area is 181 Å². The normalized spacial score (nSPS) is 10.5. The van der Waals surface area contributed by atoms with E-state index in [0.29, 0.717) is 32.0 Å². The molecule has 0 radical (unpaired) electrons. The number of para-hydroxylation sites is 2. The van der Waals surface area contributed by atoms with Crippen LogP contribution < -0.4 is 10.6 Å². The molecule has 0 aliphatic carbocycles. The highest BCUT2D eigenvalue weighted by atomic mass is 16.6. The van der Waals surface area contributed by atoms with Gasteiger partial charge in [0.25, 0.3) is 5.69 Å². The lowest BCUT2D eigenvalue weighted by atomic mass is 10.1. The fourth-order valence-electron chi connectivity index (χ4n) is 3.07. The molecule has 31 heavy (non-hydrogen) atoms. The van der Waals surface area contributed by atoms with Gasteiger partial charge in [-0.1, -0.05) is 66.7 Å². The molecule has 0 fully saturated rings. The first-order valence-electron chi connectivity index (χ1n) is 10.1. The van der Waals surface area contributed by atoms with E-state index in [9.17, 15) is 14.9 Å². The highest BCUT2D eigenvalue weighted by Crippen LogP contribution is 2.22. The number of anilines is 1. The van der Waals surface area contributed by atoms with E-state index in [0.717, 1.165) is 16.7 Å². The largest absolute Gasteiger partial charge is 0.379 e. The zero-order valence-corrected chi connectivity index (χ0v) is 17.1. The molecule has 0 aromatic heterocycles. The fraction of sp³-hybridized carbons (Fsp3) is 0.208. The number of nitro benzene ring substituents is 1. The van der Waals surface area contributed by atoms with Crippen molar-refractivity contribution >= 4 is 17.3 Å². The van der Waals surface area contributed by atoms with Gasteiger partial charge in [0.05, 0.1) is 18.1 Å². The number of nitro groups is 1. The molecule has 3 aromatic rings. The fourth-order valence-corrected chi connectivity index (χ4v) is 3.07. The summed E-state index contributed by atoms with van der Waals surface area (Å²) in [5.74, 6) is -0.128. The van der Waals surface area contributed by atoms with Crippen molar-refractivity contribution in [2.45, 2.75) is 26.2 Å². The van der Waals surface area contributed by atoms with Crippen molar-refractivity contribution in [2.24, 2.45) is 0 Å². The van der Waals surface area contributed by atoms with Gasteiger partial charge in [0.2, 0.25) is 5.91 Å². The molecule has 160 valence electrons. The molecule has 1 amide bonds. The van der Waals surface area contributed by atoms with Gasteiger partial charge in [-0.15, -0.1) is 0 Å². The first-order valence-corrected chi connectivity index (χ1v) is 10.1. The van der Waals surface area contributed by atoms with Gasteiger partial charge in [-0.3, -0.25) is 14.9 Å². The minimum Gasteiger partial charge on any atom is -0.379 e. The van der Waals surface area contributed by atoms with Crippen molar-refractivity contribution in [3.8, 4) is 0 Å². The van der Waals surface area contributed by atoms with Crippen molar-refractivity contribution in [2.75, 3.05) is 11.9 Å². The lowest BCUT2D eigenvalue weighted by Gasteiger charge is -2.09. The minimum absolute atomic E-state index is 0.00536. The molecule has 0 unspecified atom stereocenters. The number of carbonyl (C=O) groups is 1. The van der Waals surface area contributed by atoms with Crippen molar-refractivity contribution in [1.29, 1.82) is 0 Å². The van der Waals surface area contributed by atoms with E-state index >= 15 is 0 Å². The molecular weight excluding hydrogens is 394 g/mol. The number of ether oxygens (including phenoxy) is 1. The van der Waals surface area contributed by atoms with Gasteiger partial charge < -0.3 is 15.4 Å². The Kier molecular flexibility index (Phi) is 8.13. The molecule has 0 aliphatic heterocycles. The van der Waals surface area contributed by atoms with Crippen LogP contribution in [0.5, 0.6) is 0 Å². The van der Waals surface area contributed by atoms with Crippen molar-refractivity contribution in [1.82, 2.24) is 5.32 Å². The molecule has 7 nitrogen and oxygen atoms in total. The third-order valence-corrected chi connectivity index (χ3v) is 4.63. The Hall–Kier alpha value is -3.71. The molecule has 0 saturated carbocycles. The van der Waals surface area contributed by atoms with Gasteiger partial charge in [-0.2, -0.15) is 0 Å². The highest BCUT2D eigenvalue weighted by molar-refractivity contribution is 5.76. The average molecular weight is 419 g/mol. The number of amides is 1. The molecule has 3 aromatic carbocycles. The van der Waals surface area contributed by atoms with Crippen LogP contribution in [0.2, 0.25) is 0 Å². The molecule has 0 aliphatic rings. The average Bonchev–Trinajstić information content (AvgIpc) is 2.79. The van der Waals surface area contributed by atoms with Gasteiger partial charge in [0, 0.05) is 25.6 Å². The lowest BCUT2D eigenvalue weighted by molar-refractivity contribution is -0.384. The summed E-state index contributed by atoms with van der Waals surface area (Å²) in [5, 5.41) is 16.8. The van der Waals surface area contributed by atoms with Gasteiger partial charge in [0.15, 0.2) is 0 Å². The van der Waals surface area contributed by atoms with Crippen LogP contribution in [-0.4, -0.2) is 17.4 Å². The van der Waals surface area contributed by atoms with Crippen LogP contribution in [0, 0.1) is 10.1 Å². The molecule has 0 atom stereocenters. The molecule has 7 heteroatoms. The van der Waals surface area contributed by atoms with Crippen molar-refractivity contribution in [3.63, 3.8) is 0 Å². The number of carbonyl (C=O) groups excluding carboxylic acids is 1. The molecular formula is C24H25N3O4. The van der Waals surface area contributed by atoms with Crippen molar-refractivity contribution < 1.29 is 14.5 Å². The maximum atomic E-state index is 12.1. The standard InChI is InChI=1S/C24H25N3O4/c28-24(13-14-25-22-11-4-5-12-23(22)27(29)30)26-16-20-9-6-10-21(15-20)18-31-17-19-7-2-1-3-8-19/h1-12,15,25H,13-14,16-18H2,(H,26,28). The summed E-state index contributed by atoms with van der Waals surface area (Å²) in [7, 11) is 0. The van der Waals surface area contributed by atoms with E-state index in [1.54, 1.807) is 18.2 Å². The first kappa shape index (κ1) is 22.0. The molecule has 0 heterocycles. The summed E-state index contributed by atoms with van der Waals surface area (Å²) in [6, 6.07) is 24.3. The summed E-state index contributed by atoms with van der Waals surface area (Å²) in [6.07, 6.45) is 0.214. The molecule has 2 N–H and O–H groups in total. The van der Waals surface area contributed by atoms with Crippen LogP contribution in [0.1, 0.15) is 23.1 Å². The molecule has 3 rings (SSSR count). The number of hydrogen-bond donors (Lipinski definition) is 2. The monoisotopic (exact) mass is 419 g/mol. The summed E-state index contributed by atoms with van der Waals surface area (Å²) < 4.78 is 5.76. The van der Waals surface area contributed by atoms with Crippen LogP contribution in [0.4, 0.5) is 11.4 Å². The molecule has 0 spiro atoms. The predicted molar refractivity (Wildman–Crippen MR) is 119 cm³/mol. The van der Waals surface area contributed by atoms with Gasteiger partial charge >= 0.3 is 0 Å². The lowest BCUT2D eigenvalue weighted by Crippen LogP contribution is -2.25. The zero-order chi connectivity index (χ0) is 21.9. The Morgan fingerprint density at radius 2 is 1.55 bits per heavy atom. The second-order valence-corrected chi connectivity index (χ2v) is 7.03. The van der Waals surface area contributed by atoms with Gasteiger partial charge in [-0.05, 0) is 22.8 Å². The summed E-state index contributed by atoms with van der Waals surface area (Å²) in [6.45, 7) is 1.77. The Balaban J connectivity index is 1.40. The Bertz CT molecular complexity index is 1010. The topological polar surface area (TPSA) is 93.5 Å². The Morgan fingerprint density at radius 1 is 0.871 bits per heavy atom. The highest BCUT2D eigenvalue weighted by Gasteiger charge is 2.12. The molecule has 0 bridgehead atoms. The van der Waals surface area contributed by atoms with Crippen LogP contribution in [0.15, 0.2) is 78.9 Å². The van der Waals surface area contributed by atoms with E-state index in [-0.39, 0.29) is 18.0 Å². The third kappa shape index (κ3) is 7.24. The minimum atomic E-state index is -0.445. The van der Waals surface area contributed by atoms with Crippen LogP contribution in [-0.2, 0) is 29.3 Å². The number of benzene rings is 3. The van der Waals surface area contributed by atoms with Crippen molar-refractivity contribution in [3.05, 3.63) is 106 Å². The zero-order valence-electron chi connectivity index (χ0n) is 17.1. The number of hydrogen-bond acceptors (Lipinski definition) is 5. The van der Waals surface area contributed by atoms with Crippen LogP contribution >= 0.6 is 0 Å². The quantitative estimate of drug-likeness (QED) is 0.354. The second kappa shape index (κ2) is 11.5. The maximum absolute atomic E-state index is 12.1.